The molecule has 1 unspecified atom stereocenters. The number of ether oxygens (including phenoxy) is 3. The Morgan fingerprint density at radius 2 is 0.545 bits per heavy atom. The van der Waals surface area contributed by atoms with E-state index < -0.39 is 6.10 Å². The van der Waals surface area contributed by atoms with Crippen LogP contribution in [0.15, 0.2) is 24.3 Å². The Morgan fingerprint density at radius 1 is 0.303 bits per heavy atom. The maximum Gasteiger partial charge on any atom is 0.306 e. The lowest BCUT2D eigenvalue weighted by Gasteiger charge is -2.18. The second-order valence-electron chi connectivity index (χ2n) is 19.9. The van der Waals surface area contributed by atoms with Crippen molar-refractivity contribution in [2.45, 2.75) is 329 Å². The Labute approximate surface area is 411 Å². The smallest absolute Gasteiger partial charge is 0.306 e. The van der Waals surface area contributed by atoms with E-state index in [1.807, 2.05) is 0 Å². The molecule has 388 valence electrons. The molecule has 0 spiro atoms. The van der Waals surface area contributed by atoms with Crippen LogP contribution in [-0.2, 0) is 28.6 Å². The van der Waals surface area contributed by atoms with Gasteiger partial charge in [-0.25, -0.2) is 0 Å². The van der Waals surface area contributed by atoms with Crippen LogP contribution in [-0.4, -0.2) is 37.2 Å². The molecular weight excluding hydrogens is 817 g/mol. The minimum atomic E-state index is -0.764. The highest BCUT2D eigenvalue weighted by atomic mass is 16.6. The van der Waals surface area contributed by atoms with Crippen LogP contribution in [0.4, 0.5) is 0 Å². The number of carbonyl (C=O) groups excluding carboxylic acids is 3. The summed E-state index contributed by atoms with van der Waals surface area (Å²) in [4.78, 5) is 37.9. The van der Waals surface area contributed by atoms with E-state index in [4.69, 9.17) is 14.2 Å². The maximum atomic E-state index is 12.8. The minimum Gasteiger partial charge on any atom is -0.462 e. The van der Waals surface area contributed by atoms with Crippen LogP contribution in [0.25, 0.3) is 0 Å². The highest BCUT2D eigenvalue weighted by Gasteiger charge is 2.19. The lowest BCUT2D eigenvalue weighted by Crippen LogP contribution is -2.30. The molecule has 0 bridgehead atoms. The van der Waals surface area contributed by atoms with Crippen LogP contribution in [0.3, 0.4) is 0 Å². The van der Waals surface area contributed by atoms with Crippen LogP contribution < -0.4 is 0 Å². The second kappa shape index (κ2) is 55.5. The van der Waals surface area contributed by atoms with Gasteiger partial charge in [-0.2, -0.15) is 0 Å². The van der Waals surface area contributed by atoms with Crippen LogP contribution >= 0.6 is 0 Å². The lowest BCUT2D eigenvalue weighted by atomic mass is 10.0. The molecular formula is C60H112O6. The summed E-state index contributed by atoms with van der Waals surface area (Å²) in [6, 6.07) is 0. The third kappa shape index (κ3) is 52.9. The fourth-order valence-electron chi connectivity index (χ4n) is 8.77. The van der Waals surface area contributed by atoms with Crippen molar-refractivity contribution in [1.82, 2.24) is 0 Å². The molecule has 0 aliphatic carbocycles. The first-order chi connectivity index (χ1) is 32.5. The number of allylic oxidation sites excluding steroid dienone is 4. The van der Waals surface area contributed by atoms with Crippen LogP contribution in [0.2, 0.25) is 0 Å². The third-order valence-electron chi connectivity index (χ3n) is 13.2. The third-order valence-corrected chi connectivity index (χ3v) is 13.2. The van der Waals surface area contributed by atoms with E-state index in [9.17, 15) is 14.4 Å². The van der Waals surface area contributed by atoms with Gasteiger partial charge in [0.15, 0.2) is 6.10 Å². The van der Waals surface area contributed by atoms with E-state index in [0.29, 0.717) is 19.3 Å². The lowest BCUT2D eigenvalue weighted by molar-refractivity contribution is -0.167. The maximum absolute atomic E-state index is 12.8. The van der Waals surface area contributed by atoms with E-state index in [1.165, 1.54) is 218 Å². The van der Waals surface area contributed by atoms with Crippen molar-refractivity contribution in [2.75, 3.05) is 13.2 Å². The molecule has 0 aromatic carbocycles. The van der Waals surface area contributed by atoms with Crippen LogP contribution in [0.5, 0.6) is 0 Å². The first-order valence-electron chi connectivity index (χ1n) is 29.3. The molecule has 0 aliphatic heterocycles. The van der Waals surface area contributed by atoms with Gasteiger partial charge in [0.25, 0.3) is 0 Å². The molecule has 0 aromatic rings. The molecule has 6 heteroatoms. The quantitative estimate of drug-likeness (QED) is 0.0262. The Hall–Kier alpha value is -2.11. The molecule has 1 atom stereocenters. The summed E-state index contributed by atoms with van der Waals surface area (Å²) < 4.78 is 16.8. The summed E-state index contributed by atoms with van der Waals surface area (Å²) in [7, 11) is 0. The molecule has 0 saturated heterocycles. The highest BCUT2D eigenvalue weighted by molar-refractivity contribution is 5.71. The zero-order valence-corrected chi connectivity index (χ0v) is 44.5. The van der Waals surface area contributed by atoms with Crippen molar-refractivity contribution in [3.63, 3.8) is 0 Å². The van der Waals surface area contributed by atoms with E-state index in [0.717, 1.165) is 64.2 Å². The van der Waals surface area contributed by atoms with Gasteiger partial charge in [0, 0.05) is 19.3 Å². The molecule has 0 heterocycles. The standard InChI is InChI=1S/C60H112O6/c1-4-7-10-13-16-18-20-22-24-26-27-28-29-30-31-32-33-34-36-37-39-41-44-47-50-53-59(62)65-56-57(55-64-58(61)52-49-46-43-15-12-9-6-3)66-60(63)54-51-48-45-42-40-38-35-25-23-21-19-17-14-11-8-5-2/h20,22,26-27,57H,4-19,21,23-25,28-56H2,1-3H3/b22-20-,27-26-. The van der Waals surface area contributed by atoms with E-state index >= 15 is 0 Å². The summed E-state index contributed by atoms with van der Waals surface area (Å²) in [6.45, 7) is 6.63. The Balaban J connectivity index is 4.10. The summed E-state index contributed by atoms with van der Waals surface area (Å²) in [5.74, 6) is -0.854. The van der Waals surface area contributed by atoms with E-state index in [-0.39, 0.29) is 31.1 Å². The summed E-state index contributed by atoms with van der Waals surface area (Å²) in [6.07, 6.45) is 64.8. The van der Waals surface area contributed by atoms with Gasteiger partial charge >= 0.3 is 17.9 Å². The SMILES string of the molecule is CCCCCCC/C=C\C/C=C\CCCCCCCCCCCCCCCC(=O)OCC(COC(=O)CCCCCCCCC)OC(=O)CCCCCCCCCCCCCCCCCC. The van der Waals surface area contributed by atoms with Crippen molar-refractivity contribution in [3.05, 3.63) is 24.3 Å². The second-order valence-corrected chi connectivity index (χ2v) is 19.9. The number of rotatable bonds is 54. The molecule has 66 heavy (non-hydrogen) atoms. The molecule has 0 amide bonds. The predicted molar refractivity (Wildman–Crippen MR) is 284 cm³/mol. The van der Waals surface area contributed by atoms with Crippen molar-refractivity contribution in [1.29, 1.82) is 0 Å². The average Bonchev–Trinajstić information content (AvgIpc) is 3.31. The predicted octanol–water partition coefficient (Wildman–Crippen LogP) is 19.5. The van der Waals surface area contributed by atoms with Crippen molar-refractivity contribution in [3.8, 4) is 0 Å². The largest absolute Gasteiger partial charge is 0.462 e. The zero-order chi connectivity index (χ0) is 47.9. The normalized spacial score (nSPS) is 12.1. The molecule has 0 aliphatic rings. The summed E-state index contributed by atoms with van der Waals surface area (Å²) in [5.41, 5.74) is 0. The minimum absolute atomic E-state index is 0.0664. The monoisotopic (exact) mass is 929 g/mol. The number of unbranched alkanes of at least 4 members (excludes halogenated alkanes) is 39. The van der Waals surface area contributed by atoms with Gasteiger partial charge in [-0.1, -0.05) is 276 Å². The molecule has 0 N–H and O–H groups in total. The van der Waals surface area contributed by atoms with Crippen molar-refractivity contribution in [2.24, 2.45) is 0 Å². The molecule has 0 fully saturated rings. The van der Waals surface area contributed by atoms with Gasteiger partial charge in [0.2, 0.25) is 0 Å². The number of carbonyl (C=O) groups is 3. The van der Waals surface area contributed by atoms with Crippen LogP contribution in [0.1, 0.15) is 323 Å². The van der Waals surface area contributed by atoms with Gasteiger partial charge in [0.1, 0.15) is 13.2 Å². The Kier molecular flexibility index (Phi) is 53.7. The van der Waals surface area contributed by atoms with E-state index in [1.54, 1.807) is 0 Å². The molecule has 0 aromatic heterocycles. The number of hydrogen-bond acceptors (Lipinski definition) is 6. The van der Waals surface area contributed by atoms with Gasteiger partial charge in [-0.15, -0.1) is 0 Å². The van der Waals surface area contributed by atoms with Crippen molar-refractivity contribution < 1.29 is 28.6 Å². The fourth-order valence-corrected chi connectivity index (χ4v) is 8.77. The molecule has 0 rings (SSSR count). The van der Waals surface area contributed by atoms with E-state index in [2.05, 4.69) is 45.1 Å². The highest BCUT2D eigenvalue weighted by Crippen LogP contribution is 2.17. The Bertz CT molecular complexity index is 1070. The van der Waals surface area contributed by atoms with Crippen molar-refractivity contribution >= 4 is 17.9 Å². The topological polar surface area (TPSA) is 78.9 Å². The van der Waals surface area contributed by atoms with Gasteiger partial charge in [-0.05, 0) is 51.4 Å². The summed E-state index contributed by atoms with van der Waals surface area (Å²) in [5, 5.41) is 0. The number of hydrogen-bond donors (Lipinski definition) is 0. The summed E-state index contributed by atoms with van der Waals surface area (Å²) >= 11 is 0. The number of esters is 3. The first kappa shape index (κ1) is 63.9. The zero-order valence-electron chi connectivity index (χ0n) is 44.5. The van der Waals surface area contributed by atoms with Crippen LogP contribution in [0, 0.1) is 0 Å². The first-order valence-corrected chi connectivity index (χ1v) is 29.3. The molecule has 6 nitrogen and oxygen atoms in total. The Morgan fingerprint density at radius 3 is 0.833 bits per heavy atom. The average molecular weight is 930 g/mol. The fraction of sp³-hybridized carbons (Fsp3) is 0.883. The van der Waals surface area contributed by atoms with Gasteiger partial charge in [-0.3, -0.25) is 14.4 Å². The van der Waals surface area contributed by atoms with Gasteiger partial charge < -0.3 is 14.2 Å². The molecule has 0 saturated carbocycles. The van der Waals surface area contributed by atoms with Gasteiger partial charge in [0.05, 0.1) is 0 Å². The molecule has 0 radical (unpaired) electrons.